The van der Waals surface area contributed by atoms with E-state index in [0.29, 0.717) is 30.1 Å². The molecule has 1 aliphatic heterocycles. The number of ether oxygens (including phenoxy) is 4. The first-order valence-electron chi connectivity index (χ1n) is 10.5. The van der Waals surface area contributed by atoms with Gasteiger partial charge in [0, 0.05) is 30.9 Å². The fraction of sp³-hybridized carbons (Fsp3) is 0.458. The number of aryl methyl sites for hydroxylation is 1. The molecule has 2 aromatic rings. The lowest BCUT2D eigenvalue weighted by Gasteiger charge is -2.36. The van der Waals surface area contributed by atoms with Crippen LogP contribution in [-0.2, 0) is 16.0 Å². The van der Waals surface area contributed by atoms with Crippen LogP contribution in [0.15, 0.2) is 36.4 Å². The van der Waals surface area contributed by atoms with Crippen LogP contribution < -0.4 is 24.4 Å². The summed E-state index contributed by atoms with van der Waals surface area (Å²) in [5.74, 6) is 1.66. The second kappa shape index (κ2) is 10.4. The van der Waals surface area contributed by atoms with Gasteiger partial charge in [-0.15, -0.1) is 0 Å². The number of anilines is 2. The molecule has 1 amide bonds. The van der Waals surface area contributed by atoms with E-state index in [4.69, 9.17) is 18.9 Å². The molecule has 0 radical (unpaired) electrons. The molecule has 3 rings (SSSR count). The predicted octanol–water partition coefficient (Wildman–Crippen LogP) is 3.90. The molecule has 0 bridgehead atoms. The quantitative estimate of drug-likeness (QED) is 0.688. The van der Waals surface area contributed by atoms with Gasteiger partial charge in [-0.2, -0.15) is 0 Å². The Morgan fingerprint density at radius 1 is 0.968 bits per heavy atom. The molecule has 1 N–H and O–H groups in total. The van der Waals surface area contributed by atoms with Crippen LogP contribution in [0.25, 0.3) is 0 Å². The summed E-state index contributed by atoms with van der Waals surface area (Å²) in [6, 6.07) is 11.7. The van der Waals surface area contributed by atoms with Crippen LogP contribution in [0.4, 0.5) is 11.4 Å². The SMILES string of the molecule is COc1ccc(CCC(=O)Nc2ccc(N3CC(C)OC(C)C3)cc2)c(OC)c1OC. The maximum absolute atomic E-state index is 12.5. The second-order valence-electron chi connectivity index (χ2n) is 7.75. The molecule has 2 atom stereocenters. The van der Waals surface area contributed by atoms with Gasteiger partial charge in [-0.25, -0.2) is 0 Å². The van der Waals surface area contributed by atoms with Crippen molar-refractivity contribution in [2.24, 2.45) is 0 Å². The number of carbonyl (C=O) groups is 1. The summed E-state index contributed by atoms with van der Waals surface area (Å²) in [4.78, 5) is 14.8. The lowest BCUT2D eigenvalue weighted by molar-refractivity contribution is -0.116. The van der Waals surface area contributed by atoms with E-state index < -0.39 is 0 Å². The van der Waals surface area contributed by atoms with E-state index in [1.165, 1.54) is 0 Å². The van der Waals surface area contributed by atoms with Gasteiger partial charge in [0.2, 0.25) is 11.7 Å². The van der Waals surface area contributed by atoms with E-state index in [1.807, 2.05) is 36.4 Å². The minimum absolute atomic E-state index is 0.0572. The third-order valence-electron chi connectivity index (χ3n) is 5.34. The van der Waals surface area contributed by atoms with Gasteiger partial charge in [0.25, 0.3) is 0 Å². The molecule has 1 saturated heterocycles. The molecule has 168 valence electrons. The molecule has 1 fully saturated rings. The Labute approximate surface area is 184 Å². The molecular formula is C24H32N2O5. The molecular weight excluding hydrogens is 396 g/mol. The first-order chi connectivity index (χ1) is 14.9. The van der Waals surface area contributed by atoms with Crippen LogP contribution >= 0.6 is 0 Å². The average Bonchev–Trinajstić information content (AvgIpc) is 2.76. The maximum atomic E-state index is 12.5. The highest BCUT2D eigenvalue weighted by molar-refractivity contribution is 5.91. The summed E-state index contributed by atoms with van der Waals surface area (Å²) in [6.07, 6.45) is 1.26. The van der Waals surface area contributed by atoms with Crippen molar-refractivity contribution < 1.29 is 23.7 Å². The van der Waals surface area contributed by atoms with E-state index in [0.717, 1.165) is 30.0 Å². The van der Waals surface area contributed by atoms with Gasteiger partial charge in [-0.05, 0) is 56.2 Å². The molecule has 0 saturated carbocycles. The monoisotopic (exact) mass is 428 g/mol. The normalized spacial score (nSPS) is 18.4. The number of rotatable bonds is 8. The van der Waals surface area contributed by atoms with E-state index in [9.17, 15) is 4.79 Å². The number of benzene rings is 2. The Kier molecular flexibility index (Phi) is 7.63. The third kappa shape index (κ3) is 5.61. The summed E-state index contributed by atoms with van der Waals surface area (Å²) in [5, 5.41) is 2.97. The molecule has 0 spiro atoms. The number of carbonyl (C=O) groups excluding carboxylic acids is 1. The Morgan fingerprint density at radius 2 is 1.61 bits per heavy atom. The van der Waals surface area contributed by atoms with Gasteiger partial charge in [-0.1, -0.05) is 6.07 Å². The summed E-state index contributed by atoms with van der Waals surface area (Å²) in [5.41, 5.74) is 2.80. The molecule has 7 heteroatoms. The van der Waals surface area contributed by atoms with Gasteiger partial charge in [0.05, 0.1) is 33.5 Å². The number of methoxy groups -OCH3 is 3. The lowest BCUT2D eigenvalue weighted by Crippen LogP contribution is -2.45. The number of hydrogen-bond donors (Lipinski definition) is 1. The standard InChI is InChI=1S/C24H32N2O5/c1-16-14-26(15-17(2)31-16)20-10-8-19(9-11-20)25-22(27)13-7-18-6-12-21(28-3)24(30-5)23(18)29-4/h6,8-12,16-17H,7,13-15H2,1-5H3,(H,25,27). The zero-order chi connectivity index (χ0) is 22.4. The predicted molar refractivity (Wildman–Crippen MR) is 122 cm³/mol. The van der Waals surface area contributed by atoms with Crippen molar-refractivity contribution in [1.82, 2.24) is 0 Å². The van der Waals surface area contributed by atoms with E-state index >= 15 is 0 Å². The number of amides is 1. The van der Waals surface area contributed by atoms with E-state index in [2.05, 4.69) is 24.1 Å². The third-order valence-corrected chi connectivity index (χ3v) is 5.34. The maximum Gasteiger partial charge on any atom is 0.224 e. The number of nitrogens with zero attached hydrogens (tertiary/aromatic N) is 1. The van der Waals surface area contributed by atoms with Gasteiger partial charge in [-0.3, -0.25) is 4.79 Å². The minimum Gasteiger partial charge on any atom is -0.493 e. The van der Waals surface area contributed by atoms with Gasteiger partial charge in [0.1, 0.15) is 0 Å². The van der Waals surface area contributed by atoms with E-state index in [1.54, 1.807) is 21.3 Å². The second-order valence-corrected chi connectivity index (χ2v) is 7.75. The van der Waals surface area contributed by atoms with E-state index in [-0.39, 0.29) is 18.1 Å². The zero-order valence-electron chi connectivity index (χ0n) is 18.9. The van der Waals surface area contributed by atoms with Gasteiger partial charge in [0.15, 0.2) is 11.5 Å². The van der Waals surface area contributed by atoms with Gasteiger partial charge < -0.3 is 29.2 Å². The Hall–Kier alpha value is -2.93. The van der Waals surface area contributed by atoms with Crippen LogP contribution in [0.5, 0.6) is 17.2 Å². The molecule has 31 heavy (non-hydrogen) atoms. The Bertz CT molecular complexity index is 874. The van der Waals surface area contributed by atoms with Crippen LogP contribution in [-0.4, -0.2) is 52.5 Å². The zero-order valence-corrected chi connectivity index (χ0v) is 18.9. The first kappa shape index (κ1) is 22.7. The van der Waals surface area contributed by atoms with Crippen molar-refractivity contribution in [2.45, 2.75) is 38.9 Å². The van der Waals surface area contributed by atoms with Crippen molar-refractivity contribution in [3.8, 4) is 17.2 Å². The Balaban J connectivity index is 1.59. The molecule has 7 nitrogen and oxygen atoms in total. The number of morpholine rings is 1. The highest BCUT2D eigenvalue weighted by Crippen LogP contribution is 2.40. The molecule has 2 aromatic carbocycles. The Morgan fingerprint density at radius 3 is 2.19 bits per heavy atom. The van der Waals surface area contributed by atoms with Crippen LogP contribution in [0, 0.1) is 0 Å². The van der Waals surface area contributed by atoms with Crippen molar-refractivity contribution in [2.75, 3.05) is 44.6 Å². The lowest BCUT2D eigenvalue weighted by atomic mass is 10.1. The molecule has 1 heterocycles. The highest BCUT2D eigenvalue weighted by Gasteiger charge is 2.22. The van der Waals surface area contributed by atoms with Gasteiger partial charge >= 0.3 is 0 Å². The number of hydrogen-bond acceptors (Lipinski definition) is 6. The molecule has 1 aliphatic rings. The van der Waals surface area contributed by atoms with Crippen molar-refractivity contribution in [3.63, 3.8) is 0 Å². The first-order valence-corrected chi connectivity index (χ1v) is 10.5. The largest absolute Gasteiger partial charge is 0.493 e. The minimum atomic E-state index is -0.0572. The molecule has 2 unspecified atom stereocenters. The smallest absolute Gasteiger partial charge is 0.224 e. The summed E-state index contributed by atoms with van der Waals surface area (Å²) in [6.45, 7) is 5.90. The summed E-state index contributed by atoms with van der Waals surface area (Å²) >= 11 is 0. The summed E-state index contributed by atoms with van der Waals surface area (Å²) in [7, 11) is 4.73. The van der Waals surface area contributed by atoms with Crippen molar-refractivity contribution in [3.05, 3.63) is 42.0 Å². The molecule has 0 aliphatic carbocycles. The van der Waals surface area contributed by atoms with Crippen molar-refractivity contribution >= 4 is 17.3 Å². The van der Waals surface area contributed by atoms with Crippen LogP contribution in [0.3, 0.4) is 0 Å². The fourth-order valence-corrected chi connectivity index (χ4v) is 3.98. The fourth-order valence-electron chi connectivity index (χ4n) is 3.98. The topological polar surface area (TPSA) is 69.3 Å². The average molecular weight is 429 g/mol. The highest BCUT2D eigenvalue weighted by atomic mass is 16.5. The number of nitrogens with one attached hydrogen (secondary N) is 1. The van der Waals surface area contributed by atoms with Crippen molar-refractivity contribution in [1.29, 1.82) is 0 Å². The molecule has 0 aromatic heterocycles. The van der Waals surface area contributed by atoms with Crippen LogP contribution in [0.2, 0.25) is 0 Å². The summed E-state index contributed by atoms with van der Waals surface area (Å²) < 4.78 is 22.0. The van der Waals surface area contributed by atoms with Crippen LogP contribution in [0.1, 0.15) is 25.8 Å².